The normalized spacial score (nSPS) is 15.0. The summed E-state index contributed by atoms with van der Waals surface area (Å²) in [5.41, 5.74) is 0. The highest BCUT2D eigenvalue weighted by Gasteiger charge is 2.16. The van der Waals surface area contributed by atoms with Gasteiger partial charge in [0.15, 0.2) is 0 Å². The first-order valence-corrected chi connectivity index (χ1v) is 8.11. The second-order valence-corrected chi connectivity index (χ2v) is 5.72. The third-order valence-corrected chi connectivity index (χ3v) is 3.63. The lowest BCUT2D eigenvalue weighted by Crippen LogP contribution is -2.41. The van der Waals surface area contributed by atoms with Gasteiger partial charge in [0.1, 0.15) is 16.2 Å². The van der Waals surface area contributed by atoms with Crippen LogP contribution >= 0.6 is 15.9 Å². The molecule has 21 heavy (non-hydrogen) atoms. The number of halogens is 1. The van der Waals surface area contributed by atoms with Gasteiger partial charge in [0.05, 0.1) is 13.2 Å². The van der Waals surface area contributed by atoms with Crippen molar-refractivity contribution >= 4 is 27.7 Å². The molecule has 1 aromatic rings. The number of ether oxygens (including phenoxy) is 1. The van der Waals surface area contributed by atoms with Gasteiger partial charge in [-0.1, -0.05) is 6.92 Å². The number of aryl methyl sites for hydroxylation is 1. The van der Waals surface area contributed by atoms with E-state index < -0.39 is 0 Å². The predicted octanol–water partition coefficient (Wildman–Crippen LogP) is 1.85. The molecule has 7 heteroatoms. The largest absolute Gasteiger partial charge is 0.378 e. The molecule has 1 aliphatic rings. The molecular formula is C14H21BrN4O2. The summed E-state index contributed by atoms with van der Waals surface area (Å²) in [4.78, 5) is 22.6. The van der Waals surface area contributed by atoms with Crippen molar-refractivity contribution in [3.05, 3.63) is 16.5 Å². The highest BCUT2D eigenvalue weighted by molar-refractivity contribution is 9.10. The minimum Gasteiger partial charge on any atom is -0.378 e. The van der Waals surface area contributed by atoms with Crippen LogP contribution in [0.5, 0.6) is 0 Å². The Morgan fingerprint density at radius 3 is 2.90 bits per heavy atom. The third kappa shape index (κ3) is 5.24. The lowest BCUT2D eigenvalue weighted by atomic mass is 10.3. The second kappa shape index (κ2) is 8.29. The minimum absolute atomic E-state index is 0.160. The van der Waals surface area contributed by atoms with E-state index in [4.69, 9.17) is 4.74 Å². The summed E-state index contributed by atoms with van der Waals surface area (Å²) in [6, 6.07) is 1.83. The summed E-state index contributed by atoms with van der Waals surface area (Å²) < 4.78 is 6.01. The van der Waals surface area contributed by atoms with Crippen molar-refractivity contribution in [1.82, 2.24) is 14.9 Å². The minimum atomic E-state index is 0.160. The van der Waals surface area contributed by atoms with Gasteiger partial charge in [-0.2, -0.15) is 0 Å². The average Bonchev–Trinajstić information content (AvgIpc) is 2.48. The van der Waals surface area contributed by atoms with E-state index in [0.29, 0.717) is 39.3 Å². The Morgan fingerprint density at radius 1 is 1.43 bits per heavy atom. The molecule has 0 aromatic carbocycles. The van der Waals surface area contributed by atoms with E-state index in [2.05, 4.69) is 38.1 Å². The van der Waals surface area contributed by atoms with Gasteiger partial charge in [-0.3, -0.25) is 4.79 Å². The molecule has 0 saturated carbocycles. The van der Waals surface area contributed by atoms with Gasteiger partial charge >= 0.3 is 0 Å². The van der Waals surface area contributed by atoms with E-state index in [9.17, 15) is 4.79 Å². The number of morpholine rings is 1. The molecule has 1 aliphatic heterocycles. The quantitative estimate of drug-likeness (QED) is 0.787. The molecule has 2 rings (SSSR count). The maximum absolute atomic E-state index is 12.0. The number of nitrogens with one attached hydrogen (secondary N) is 1. The fourth-order valence-corrected chi connectivity index (χ4v) is 2.58. The molecule has 6 nitrogen and oxygen atoms in total. The standard InChI is InChI=1S/C14H21BrN4O2/c1-2-3-12-17-11(15)10-13(18-12)16-5-4-14(20)19-6-8-21-9-7-19/h10H,2-9H2,1H3,(H,16,17,18). The molecule has 0 spiro atoms. The number of rotatable bonds is 6. The molecule has 116 valence electrons. The number of carbonyl (C=O) groups is 1. The number of anilines is 1. The van der Waals surface area contributed by atoms with Crippen LogP contribution in [-0.2, 0) is 16.0 Å². The van der Waals surface area contributed by atoms with E-state index in [0.717, 1.165) is 29.1 Å². The predicted molar refractivity (Wildman–Crippen MR) is 84.2 cm³/mol. The Balaban J connectivity index is 1.81. The molecule has 0 aliphatic carbocycles. The van der Waals surface area contributed by atoms with Crippen LogP contribution in [-0.4, -0.2) is 53.6 Å². The van der Waals surface area contributed by atoms with E-state index in [-0.39, 0.29) is 5.91 Å². The topological polar surface area (TPSA) is 67.4 Å². The molecule has 1 aromatic heterocycles. The van der Waals surface area contributed by atoms with Gasteiger partial charge in [0.2, 0.25) is 5.91 Å². The summed E-state index contributed by atoms with van der Waals surface area (Å²) >= 11 is 3.39. The molecule has 1 saturated heterocycles. The fourth-order valence-electron chi connectivity index (χ4n) is 2.16. The summed E-state index contributed by atoms with van der Waals surface area (Å²) in [7, 11) is 0. The number of nitrogens with zero attached hydrogens (tertiary/aromatic N) is 3. The van der Waals surface area contributed by atoms with Crippen LogP contribution in [0.25, 0.3) is 0 Å². The van der Waals surface area contributed by atoms with Gasteiger partial charge < -0.3 is 15.0 Å². The van der Waals surface area contributed by atoms with Crippen LogP contribution < -0.4 is 5.32 Å². The average molecular weight is 357 g/mol. The van der Waals surface area contributed by atoms with Gasteiger partial charge in [-0.25, -0.2) is 9.97 Å². The lowest BCUT2D eigenvalue weighted by molar-refractivity contribution is -0.134. The highest BCUT2D eigenvalue weighted by atomic mass is 79.9. The fraction of sp³-hybridized carbons (Fsp3) is 0.643. The van der Waals surface area contributed by atoms with Gasteiger partial charge in [-0.05, 0) is 22.4 Å². The van der Waals surface area contributed by atoms with Crippen molar-refractivity contribution in [2.24, 2.45) is 0 Å². The van der Waals surface area contributed by atoms with Gasteiger partial charge in [0.25, 0.3) is 0 Å². The number of hydrogen-bond acceptors (Lipinski definition) is 5. The Bertz CT molecular complexity index is 478. The molecule has 0 atom stereocenters. The van der Waals surface area contributed by atoms with E-state index in [1.807, 2.05) is 11.0 Å². The Labute approximate surface area is 133 Å². The van der Waals surface area contributed by atoms with E-state index >= 15 is 0 Å². The van der Waals surface area contributed by atoms with Crippen molar-refractivity contribution in [3.63, 3.8) is 0 Å². The van der Waals surface area contributed by atoms with Gasteiger partial charge in [0, 0.05) is 38.5 Å². The van der Waals surface area contributed by atoms with Crippen LogP contribution in [0.3, 0.4) is 0 Å². The monoisotopic (exact) mass is 356 g/mol. The van der Waals surface area contributed by atoms with Crippen molar-refractivity contribution < 1.29 is 9.53 Å². The maximum Gasteiger partial charge on any atom is 0.224 e. The molecule has 1 amide bonds. The lowest BCUT2D eigenvalue weighted by Gasteiger charge is -2.26. The number of carbonyl (C=O) groups excluding carboxylic acids is 1. The summed E-state index contributed by atoms with van der Waals surface area (Å²) in [5.74, 6) is 1.73. The zero-order valence-corrected chi connectivity index (χ0v) is 13.9. The smallest absolute Gasteiger partial charge is 0.224 e. The SMILES string of the molecule is CCCc1nc(Br)cc(NCCC(=O)N2CCOCC2)n1. The van der Waals surface area contributed by atoms with Gasteiger partial charge in [-0.15, -0.1) is 0 Å². The van der Waals surface area contributed by atoms with Crippen LogP contribution in [0.4, 0.5) is 5.82 Å². The zero-order chi connectivity index (χ0) is 15.1. The van der Waals surface area contributed by atoms with E-state index in [1.54, 1.807) is 0 Å². The first-order chi connectivity index (χ1) is 10.2. The Kier molecular flexibility index (Phi) is 6.38. The maximum atomic E-state index is 12.0. The number of aromatic nitrogens is 2. The van der Waals surface area contributed by atoms with Crippen molar-refractivity contribution in [2.45, 2.75) is 26.2 Å². The Hall–Kier alpha value is -1.21. The van der Waals surface area contributed by atoms with Crippen molar-refractivity contribution in [1.29, 1.82) is 0 Å². The molecule has 0 bridgehead atoms. The second-order valence-electron chi connectivity index (χ2n) is 4.91. The van der Waals surface area contributed by atoms with Crippen LogP contribution in [0.2, 0.25) is 0 Å². The van der Waals surface area contributed by atoms with Crippen LogP contribution in [0.1, 0.15) is 25.6 Å². The highest BCUT2D eigenvalue weighted by Crippen LogP contribution is 2.13. The molecular weight excluding hydrogens is 336 g/mol. The van der Waals surface area contributed by atoms with Crippen LogP contribution in [0.15, 0.2) is 10.7 Å². The van der Waals surface area contributed by atoms with Crippen molar-refractivity contribution in [2.75, 3.05) is 38.2 Å². The Morgan fingerprint density at radius 2 is 2.19 bits per heavy atom. The molecule has 2 heterocycles. The summed E-state index contributed by atoms with van der Waals surface area (Å²) in [5, 5.41) is 3.19. The zero-order valence-electron chi connectivity index (χ0n) is 12.3. The molecule has 1 N–H and O–H groups in total. The third-order valence-electron chi connectivity index (χ3n) is 3.22. The number of hydrogen-bond donors (Lipinski definition) is 1. The van der Waals surface area contributed by atoms with Crippen molar-refractivity contribution in [3.8, 4) is 0 Å². The first-order valence-electron chi connectivity index (χ1n) is 7.32. The molecule has 0 unspecified atom stereocenters. The first kappa shape index (κ1) is 16.2. The molecule has 1 fully saturated rings. The summed E-state index contributed by atoms with van der Waals surface area (Å²) in [6.45, 7) is 5.33. The van der Waals surface area contributed by atoms with Crippen LogP contribution in [0, 0.1) is 0 Å². The summed E-state index contributed by atoms with van der Waals surface area (Å²) in [6.07, 6.45) is 2.32. The molecule has 0 radical (unpaired) electrons. The van der Waals surface area contributed by atoms with E-state index in [1.165, 1.54) is 0 Å². The number of amides is 1.